The van der Waals surface area contributed by atoms with Crippen molar-refractivity contribution in [3.8, 4) is 0 Å². The maximum atomic E-state index is 11.8. The van der Waals surface area contributed by atoms with Gasteiger partial charge in [-0.15, -0.1) is 0 Å². The summed E-state index contributed by atoms with van der Waals surface area (Å²) in [6.07, 6.45) is 7.62. The smallest absolute Gasteiger partial charge is 0.305 e. The van der Waals surface area contributed by atoms with Gasteiger partial charge in [-0.25, -0.2) is 0 Å². The molecule has 6 nitrogen and oxygen atoms in total. The number of epoxide rings is 2. The number of hydrogen-bond acceptors (Lipinski definition) is 6. The van der Waals surface area contributed by atoms with Crippen LogP contribution in [-0.4, -0.2) is 41.1 Å². The zero-order valence-corrected chi connectivity index (χ0v) is 20.4. The van der Waals surface area contributed by atoms with E-state index in [0.717, 1.165) is 44.9 Å². The summed E-state index contributed by atoms with van der Waals surface area (Å²) >= 11 is 0. The van der Waals surface area contributed by atoms with Crippen molar-refractivity contribution in [1.29, 1.82) is 0 Å². The number of esters is 2. The molecule has 6 rings (SSSR count). The van der Waals surface area contributed by atoms with Crippen LogP contribution in [0.2, 0.25) is 0 Å². The lowest BCUT2D eigenvalue weighted by Crippen LogP contribution is -2.59. The largest absolute Gasteiger partial charge is 0.462 e. The Hall–Kier alpha value is -1.14. The zero-order chi connectivity index (χ0) is 22.9. The fourth-order valence-corrected chi connectivity index (χ4v) is 10.1. The molecule has 0 radical (unpaired) electrons. The highest BCUT2D eigenvalue weighted by atomic mass is 16.8. The highest BCUT2D eigenvalue weighted by Crippen LogP contribution is 2.79. The predicted molar refractivity (Wildman–Crippen MR) is 115 cm³/mol. The highest BCUT2D eigenvalue weighted by molar-refractivity contribution is 5.67. The molecule has 4 aliphatic carbocycles. The molecule has 0 aromatic rings. The first-order valence-corrected chi connectivity index (χ1v) is 12.7. The molecule has 0 aromatic carbocycles. The quantitative estimate of drug-likeness (QED) is 0.463. The molecule has 0 unspecified atom stereocenters. The summed E-state index contributed by atoms with van der Waals surface area (Å²) < 4.78 is 24.4. The second kappa shape index (κ2) is 6.10. The molecule has 6 heteroatoms. The van der Waals surface area contributed by atoms with Crippen LogP contribution in [0.15, 0.2) is 0 Å². The van der Waals surface area contributed by atoms with Gasteiger partial charge in [-0.1, -0.05) is 20.8 Å². The number of fused-ring (bicyclic) bond motifs is 5. The van der Waals surface area contributed by atoms with Gasteiger partial charge in [0.25, 0.3) is 0 Å². The minimum absolute atomic E-state index is 0.00458. The molecule has 32 heavy (non-hydrogen) atoms. The summed E-state index contributed by atoms with van der Waals surface area (Å²) in [6.45, 7) is 12.1. The van der Waals surface area contributed by atoms with Crippen molar-refractivity contribution in [3.63, 3.8) is 0 Å². The Morgan fingerprint density at radius 2 is 1.66 bits per heavy atom. The normalized spacial score (nSPS) is 59.3. The lowest BCUT2D eigenvalue weighted by molar-refractivity contribution is -0.159. The summed E-state index contributed by atoms with van der Waals surface area (Å²) in [6, 6.07) is 0. The number of carbonyl (C=O) groups is 2. The van der Waals surface area contributed by atoms with Crippen molar-refractivity contribution < 1.29 is 28.5 Å². The van der Waals surface area contributed by atoms with Crippen molar-refractivity contribution in [1.82, 2.24) is 0 Å². The topological polar surface area (TPSA) is 77.7 Å². The SMILES string of the molecule is CC(=O)O[C@@H]1CC[C@]2(C)[C@H]3CC[C@@]4(C)[C@@H](C[C@@H](C)[C@]45O[C@]5(C)OC(C)=O)[C@@H]3C[C@@H]3O[C@@]32C1. The molecule has 0 amide bonds. The van der Waals surface area contributed by atoms with E-state index in [2.05, 4.69) is 20.8 Å². The zero-order valence-electron chi connectivity index (χ0n) is 20.4. The fraction of sp³-hybridized carbons (Fsp3) is 0.923. The Bertz CT molecular complexity index is 888. The van der Waals surface area contributed by atoms with Gasteiger partial charge in [-0.05, 0) is 62.2 Å². The van der Waals surface area contributed by atoms with Gasteiger partial charge in [-0.3, -0.25) is 9.59 Å². The van der Waals surface area contributed by atoms with E-state index in [1.165, 1.54) is 13.8 Å². The molecular weight excluding hydrogens is 408 g/mol. The monoisotopic (exact) mass is 446 g/mol. The minimum atomic E-state index is -0.797. The summed E-state index contributed by atoms with van der Waals surface area (Å²) in [5.74, 6) is 0.910. The van der Waals surface area contributed by atoms with Crippen LogP contribution in [0.5, 0.6) is 0 Å². The molecule has 2 saturated heterocycles. The Morgan fingerprint density at radius 1 is 0.938 bits per heavy atom. The van der Waals surface area contributed by atoms with E-state index < -0.39 is 5.79 Å². The average Bonchev–Trinajstić information content (AvgIpc) is 3.52. The maximum Gasteiger partial charge on any atom is 0.305 e. The van der Waals surface area contributed by atoms with Crippen LogP contribution in [0.1, 0.15) is 86.5 Å². The van der Waals surface area contributed by atoms with Gasteiger partial charge in [0.05, 0.1) is 6.10 Å². The number of ether oxygens (including phenoxy) is 4. The molecule has 11 atom stereocenters. The molecule has 0 N–H and O–H groups in total. The van der Waals surface area contributed by atoms with Gasteiger partial charge in [0.15, 0.2) is 0 Å². The van der Waals surface area contributed by atoms with E-state index in [0.29, 0.717) is 23.7 Å². The van der Waals surface area contributed by atoms with Crippen LogP contribution in [0.25, 0.3) is 0 Å². The number of hydrogen-bond donors (Lipinski definition) is 0. The van der Waals surface area contributed by atoms with Crippen LogP contribution in [0.3, 0.4) is 0 Å². The van der Waals surface area contributed by atoms with Crippen LogP contribution in [0, 0.1) is 34.5 Å². The minimum Gasteiger partial charge on any atom is -0.462 e. The van der Waals surface area contributed by atoms with Crippen molar-refractivity contribution in [3.05, 3.63) is 0 Å². The highest BCUT2D eigenvalue weighted by Gasteiger charge is 2.86. The lowest BCUT2D eigenvalue weighted by Gasteiger charge is -2.59. The van der Waals surface area contributed by atoms with Gasteiger partial charge < -0.3 is 18.9 Å². The summed E-state index contributed by atoms with van der Waals surface area (Å²) in [5.41, 5.74) is -0.322. The first-order chi connectivity index (χ1) is 14.9. The Morgan fingerprint density at radius 3 is 2.34 bits per heavy atom. The molecule has 178 valence electrons. The van der Waals surface area contributed by atoms with Crippen LogP contribution >= 0.6 is 0 Å². The molecular formula is C26H38O6. The molecule has 4 saturated carbocycles. The van der Waals surface area contributed by atoms with Crippen LogP contribution in [-0.2, 0) is 28.5 Å². The Labute approximate surface area is 191 Å². The summed E-state index contributed by atoms with van der Waals surface area (Å²) in [7, 11) is 0. The van der Waals surface area contributed by atoms with E-state index >= 15 is 0 Å². The predicted octanol–water partition coefficient (Wildman–Crippen LogP) is 4.39. The third-order valence-corrected chi connectivity index (χ3v) is 11.2. The van der Waals surface area contributed by atoms with E-state index in [9.17, 15) is 9.59 Å². The second-order valence-electron chi connectivity index (χ2n) is 12.5. The van der Waals surface area contributed by atoms with Gasteiger partial charge in [-0.2, -0.15) is 0 Å². The Kier molecular flexibility index (Phi) is 4.08. The van der Waals surface area contributed by atoms with Crippen LogP contribution < -0.4 is 0 Å². The number of rotatable bonds is 2. The van der Waals surface area contributed by atoms with E-state index in [1.54, 1.807) is 0 Å². The molecule has 2 heterocycles. The van der Waals surface area contributed by atoms with Gasteiger partial charge in [0.2, 0.25) is 5.79 Å². The third-order valence-electron chi connectivity index (χ3n) is 11.2. The fourth-order valence-electron chi connectivity index (χ4n) is 10.1. The van der Waals surface area contributed by atoms with Crippen molar-refractivity contribution in [2.24, 2.45) is 34.5 Å². The van der Waals surface area contributed by atoms with Crippen molar-refractivity contribution >= 4 is 11.9 Å². The van der Waals surface area contributed by atoms with E-state index in [4.69, 9.17) is 18.9 Å². The lowest BCUT2D eigenvalue weighted by atomic mass is 9.44. The molecule has 6 aliphatic rings. The first-order valence-electron chi connectivity index (χ1n) is 12.7. The first kappa shape index (κ1) is 21.4. The summed E-state index contributed by atoms with van der Waals surface area (Å²) in [4.78, 5) is 23.4. The molecule has 0 aromatic heterocycles. The van der Waals surface area contributed by atoms with Gasteiger partial charge in [0, 0.05) is 38.0 Å². The standard InChI is InChI=1S/C26H38O6/c1-14-11-20-18-12-21-25(31-21)13-17(29-15(2)27)7-9-22(25,4)19(18)8-10-23(20,5)26(14)24(6,32-26)30-16(3)28/h14,17-21H,7-13H2,1-6H3/t14-,17-,18-,19+,20+,21+,22-,23+,24+,25+,26+/m1/s1. The van der Waals surface area contributed by atoms with Crippen LogP contribution in [0.4, 0.5) is 0 Å². The van der Waals surface area contributed by atoms with Gasteiger partial charge >= 0.3 is 11.9 Å². The van der Waals surface area contributed by atoms with Gasteiger partial charge in [0.1, 0.15) is 17.3 Å². The molecule has 0 bridgehead atoms. The van der Waals surface area contributed by atoms with E-state index in [-0.39, 0.29) is 46.2 Å². The Balaban J connectivity index is 1.29. The molecule has 6 fully saturated rings. The second-order valence-corrected chi connectivity index (χ2v) is 12.5. The van der Waals surface area contributed by atoms with Crippen molar-refractivity contribution in [2.45, 2.75) is 116 Å². The summed E-state index contributed by atoms with van der Waals surface area (Å²) in [5, 5.41) is 0. The molecule has 2 spiro atoms. The van der Waals surface area contributed by atoms with Crippen molar-refractivity contribution in [2.75, 3.05) is 0 Å². The van der Waals surface area contributed by atoms with E-state index in [1.807, 2.05) is 6.92 Å². The molecule has 2 aliphatic heterocycles. The maximum absolute atomic E-state index is 11.8. The third kappa shape index (κ3) is 2.29. The number of carbonyl (C=O) groups excluding carboxylic acids is 2. The average molecular weight is 447 g/mol.